The van der Waals surface area contributed by atoms with Crippen LogP contribution in [0.2, 0.25) is 0 Å². The third-order valence-corrected chi connectivity index (χ3v) is 5.18. The second kappa shape index (κ2) is 6.64. The second-order valence-corrected chi connectivity index (χ2v) is 8.13. The summed E-state index contributed by atoms with van der Waals surface area (Å²) in [5, 5.41) is 3.38. The molecule has 1 aliphatic carbocycles. The van der Waals surface area contributed by atoms with E-state index in [9.17, 15) is 0 Å². The smallest absolute Gasteiger partial charge is 0.299 e. The molecule has 0 bridgehead atoms. The zero-order valence-electron chi connectivity index (χ0n) is 15.8. The quantitative estimate of drug-likeness (QED) is 0.608. The van der Waals surface area contributed by atoms with Crippen LogP contribution in [0.4, 0.5) is 11.7 Å². The normalized spacial score (nSPS) is 14.1. The van der Waals surface area contributed by atoms with E-state index in [0.717, 1.165) is 23.4 Å². The Balaban J connectivity index is 1.56. The number of aromatic nitrogens is 1. The molecule has 1 heterocycles. The minimum absolute atomic E-state index is 0.152. The lowest BCUT2D eigenvalue weighted by Gasteiger charge is -2.19. The van der Waals surface area contributed by atoms with E-state index in [1.54, 1.807) is 6.20 Å². The minimum atomic E-state index is 0.152. The van der Waals surface area contributed by atoms with Gasteiger partial charge in [0.05, 0.1) is 6.20 Å². The second-order valence-electron chi connectivity index (χ2n) is 8.13. The predicted octanol–water partition coefficient (Wildman–Crippen LogP) is 6.26. The van der Waals surface area contributed by atoms with Crippen molar-refractivity contribution in [2.75, 3.05) is 5.32 Å². The number of aryl methyl sites for hydroxylation is 1. The van der Waals surface area contributed by atoms with Crippen LogP contribution in [0.5, 0.6) is 0 Å². The van der Waals surface area contributed by atoms with Crippen LogP contribution in [-0.4, -0.2) is 4.98 Å². The average Bonchev–Trinajstić information content (AvgIpc) is 3.10. The molecule has 3 heteroatoms. The summed E-state index contributed by atoms with van der Waals surface area (Å²) in [4.78, 5) is 4.43. The van der Waals surface area contributed by atoms with Crippen molar-refractivity contribution in [3.05, 3.63) is 65.4 Å². The van der Waals surface area contributed by atoms with Crippen LogP contribution in [0.3, 0.4) is 0 Å². The van der Waals surface area contributed by atoms with Gasteiger partial charge < -0.3 is 9.73 Å². The molecule has 0 unspecified atom stereocenters. The molecule has 26 heavy (non-hydrogen) atoms. The van der Waals surface area contributed by atoms with Crippen molar-refractivity contribution >= 4 is 11.7 Å². The fourth-order valence-corrected chi connectivity index (χ4v) is 3.61. The van der Waals surface area contributed by atoms with Gasteiger partial charge in [-0.1, -0.05) is 57.2 Å². The number of oxazole rings is 1. The van der Waals surface area contributed by atoms with Gasteiger partial charge in [-0.2, -0.15) is 0 Å². The molecule has 134 valence electrons. The summed E-state index contributed by atoms with van der Waals surface area (Å²) in [7, 11) is 0. The summed E-state index contributed by atoms with van der Waals surface area (Å²) in [6.07, 6.45) is 6.62. The van der Waals surface area contributed by atoms with Crippen LogP contribution < -0.4 is 5.32 Å². The Morgan fingerprint density at radius 1 is 0.962 bits per heavy atom. The lowest BCUT2D eigenvalue weighted by Crippen LogP contribution is -2.10. The van der Waals surface area contributed by atoms with Crippen molar-refractivity contribution in [2.24, 2.45) is 0 Å². The Labute approximate surface area is 155 Å². The molecule has 0 fully saturated rings. The van der Waals surface area contributed by atoms with E-state index in [2.05, 4.69) is 73.5 Å². The Hall–Kier alpha value is -2.55. The van der Waals surface area contributed by atoms with Crippen molar-refractivity contribution in [2.45, 2.75) is 51.9 Å². The highest BCUT2D eigenvalue weighted by Crippen LogP contribution is 2.31. The molecule has 0 saturated heterocycles. The summed E-state index contributed by atoms with van der Waals surface area (Å²) < 4.78 is 5.97. The molecule has 1 N–H and O–H groups in total. The molecule has 0 spiro atoms. The number of fused-ring (bicyclic) bond motifs is 1. The molecule has 1 aromatic heterocycles. The van der Waals surface area contributed by atoms with Crippen molar-refractivity contribution in [3.63, 3.8) is 0 Å². The Morgan fingerprint density at radius 3 is 2.50 bits per heavy atom. The number of hydrogen-bond donors (Lipinski definition) is 1. The standard InChI is InChI=1S/C23H26N2O/c1-23(2,3)18-13-11-17(12-14-18)21-15-24-22(26-21)25-20-10-6-8-16-7-4-5-9-19(16)20/h6,8,10-15H,4-5,7,9H2,1-3H3,(H,24,25). The molecule has 0 amide bonds. The van der Waals surface area contributed by atoms with Crippen molar-refractivity contribution in [1.82, 2.24) is 4.98 Å². The molecular weight excluding hydrogens is 320 g/mol. The van der Waals surface area contributed by atoms with Crippen LogP contribution >= 0.6 is 0 Å². The van der Waals surface area contributed by atoms with E-state index in [4.69, 9.17) is 4.42 Å². The predicted molar refractivity (Wildman–Crippen MR) is 107 cm³/mol. The van der Waals surface area contributed by atoms with E-state index in [0.29, 0.717) is 6.01 Å². The van der Waals surface area contributed by atoms with Gasteiger partial charge in [0.15, 0.2) is 5.76 Å². The first kappa shape index (κ1) is 16.9. The third-order valence-electron chi connectivity index (χ3n) is 5.18. The molecule has 1 aliphatic rings. The summed E-state index contributed by atoms with van der Waals surface area (Å²) in [6, 6.07) is 15.6. The maximum atomic E-state index is 5.97. The molecule has 0 aliphatic heterocycles. The fraction of sp³-hybridized carbons (Fsp3) is 0.348. The summed E-state index contributed by atoms with van der Waals surface area (Å²) in [5.41, 5.74) is 6.50. The van der Waals surface area contributed by atoms with E-state index in [-0.39, 0.29) is 5.41 Å². The van der Waals surface area contributed by atoms with Gasteiger partial charge in [0, 0.05) is 11.3 Å². The van der Waals surface area contributed by atoms with Gasteiger partial charge in [0.2, 0.25) is 0 Å². The molecule has 4 rings (SSSR count). The number of nitrogens with zero attached hydrogens (tertiary/aromatic N) is 1. The van der Waals surface area contributed by atoms with Crippen molar-refractivity contribution in [1.29, 1.82) is 0 Å². The highest BCUT2D eigenvalue weighted by molar-refractivity contribution is 5.63. The van der Waals surface area contributed by atoms with Crippen LogP contribution in [0.25, 0.3) is 11.3 Å². The van der Waals surface area contributed by atoms with Crippen molar-refractivity contribution in [3.8, 4) is 11.3 Å². The SMILES string of the molecule is CC(C)(C)c1ccc(-c2cnc(Nc3cccc4c3CCCC4)o2)cc1. The lowest BCUT2D eigenvalue weighted by molar-refractivity contribution is 0.586. The maximum Gasteiger partial charge on any atom is 0.299 e. The molecule has 3 nitrogen and oxygen atoms in total. The molecule has 2 aromatic carbocycles. The van der Waals surface area contributed by atoms with Gasteiger partial charge >= 0.3 is 0 Å². The zero-order valence-corrected chi connectivity index (χ0v) is 15.8. The van der Waals surface area contributed by atoms with Crippen LogP contribution in [0, 0.1) is 0 Å². The largest absolute Gasteiger partial charge is 0.423 e. The number of hydrogen-bond acceptors (Lipinski definition) is 3. The van der Waals surface area contributed by atoms with Gasteiger partial charge in [0.25, 0.3) is 6.01 Å². The summed E-state index contributed by atoms with van der Waals surface area (Å²) in [6.45, 7) is 6.66. The Bertz CT molecular complexity index is 901. The monoisotopic (exact) mass is 346 g/mol. The first-order valence-electron chi connectivity index (χ1n) is 9.45. The van der Waals surface area contributed by atoms with Gasteiger partial charge in [-0.3, -0.25) is 0 Å². The van der Waals surface area contributed by atoms with E-state index < -0.39 is 0 Å². The number of nitrogens with one attached hydrogen (secondary N) is 1. The fourth-order valence-electron chi connectivity index (χ4n) is 3.61. The average molecular weight is 346 g/mol. The molecule has 3 aromatic rings. The number of rotatable bonds is 3. The number of benzene rings is 2. The highest BCUT2D eigenvalue weighted by atomic mass is 16.4. The van der Waals surface area contributed by atoms with Crippen molar-refractivity contribution < 1.29 is 4.42 Å². The Kier molecular flexibility index (Phi) is 4.31. The zero-order chi connectivity index (χ0) is 18.1. The lowest BCUT2D eigenvalue weighted by atomic mass is 9.86. The third kappa shape index (κ3) is 3.39. The van der Waals surface area contributed by atoms with Crippen LogP contribution in [-0.2, 0) is 18.3 Å². The first-order chi connectivity index (χ1) is 12.5. The molecule has 0 saturated carbocycles. The minimum Gasteiger partial charge on any atom is -0.423 e. The van der Waals surface area contributed by atoms with Crippen LogP contribution in [0.1, 0.15) is 50.3 Å². The van der Waals surface area contributed by atoms with Gasteiger partial charge in [-0.25, -0.2) is 4.98 Å². The summed E-state index contributed by atoms with van der Waals surface area (Å²) in [5.74, 6) is 0.790. The topological polar surface area (TPSA) is 38.1 Å². The van der Waals surface area contributed by atoms with Crippen LogP contribution in [0.15, 0.2) is 53.1 Å². The Morgan fingerprint density at radius 2 is 1.73 bits per heavy atom. The number of anilines is 2. The first-order valence-corrected chi connectivity index (χ1v) is 9.45. The van der Waals surface area contributed by atoms with Gasteiger partial charge in [-0.05, 0) is 53.9 Å². The molecular formula is C23H26N2O. The van der Waals surface area contributed by atoms with Gasteiger partial charge in [-0.15, -0.1) is 0 Å². The molecule has 0 atom stereocenters. The van der Waals surface area contributed by atoms with E-state index >= 15 is 0 Å². The summed E-state index contributed by atoms with van der Waals surface area (Å²) >= 11 is 0. The highest BCUT2D eigenvalue weighted by Gasteiger charge is 2.16. The van der Waals surface area contributed by atoms with E-state index in [1.165, 1.54) is 36.0 Å². The van der Waals surface area contributed by atoms with Gasteiger partial charge in [0.1, 0.15) is 0 Å². The maximum absolute atomic E-state index is 5.97. The molecule has 0 radical (unpaired) electrons. The van der Waals surface area contributed by atoms with E-state index in [1.807, 2.05) is 0 Å².